The third kappa shape index (κ3) is 5.22. The summed E-state index contributed by atoms with van der Waals surface area (Å²) in [5.74, 6) is 0.299. The molecule has 0 aliphatic carbocycles. The number of carbonyl (C=O) groups is 1. The van der Waals surface area contributed by atoms with Gasteiger partial charge in [0.2, 0.25) is 0 Å². The lowest BCUT2D eigenvalue weighted by Crippen LogP contribution is -2.18. The zero-order valence-corrected chi connectivity index (χ0v) is 16.9. The van der Waals surface area contributed by atoms with Crippen LogP contribution in [0.2, 0.25) is 0 Å². The highest BCUT2D eigenvalue weighted by Crippen LogP contribution is 2.29. The molecule has 0 saturated carbocycles. The molecule has 0 saturated heterocycles. The summed E-state index contributed by atoms with van der Waals surface area (Å²) in [5.41, 5.74) is 7.25. The first-order chi connectivity index (χ1) is 15.2. The van der Waals surface area contributed by atoms with E-state index in [-0.39, 0.29) is 0 Å². The van der Waals surface area contributed by atoms with Crippen molar-refractivity contribution in [1.29, 1.82) is 0 Å². The number of nitrogens with zero attached hydrogens (tertiary/aromatic N) is 3. The number of aromatic amines is 1. The number of hydrogen-bond donors (Lipinski definition) is 2. The zero-order valence-electron chi connectivity index (χ0n) is 16.9. The number of hydrogen-bond acceptors (Lipinski definition) is 5. The summed E-state index contributed by atoms with van der Waals surface area (Å²) in [5, 5.41) is 11.0. The van der Waals surface area contributed by atoms with Gasteiger partial charge in [0.15, 0.2) is 0 Å². The van der Waals surface area contributed by atoms with Crippen molar-refractivity contribution < 1.29 is 9.53 Å². The number of aromatic nitrogens is 3. The second kappa shape index (κ2) is 9.49. The van der Waals surface area contributed by atoms with Gasteiger partial charge in [-0.1, -0.05) is 48.0 Å². The molecule has 2 heterocycles. The van der Waals surface area contributed by atoms with Gasteiger partial charge in [-0.2, -0.15) is 10.2 Å². The molecule has 0 spiro atoms. The zero-order chi connectivity index (χ0) is 21.5. The number of rotatable bonds is 7. The van der Waals surface area contributed by atoms with Gasteiger partial charge in [0.1, 0.15) is 18.1 Å². The Morgan fingerprint density at radius 2 is 1.97 bits per heavy atom. The summed E-state index contributed by atoms with van der Waals surface area (Å²) in [6.45, 7) is 2.49. The van der Waals surface area contributed by atoms with Gasteiger partial charge in [-0.05, 0) is 36.8 Å². The minimum absolute atomic E-state index is 0.298. The molecule has 0 aliphatic rings. The lowest BCUT2D eigenvalue weighted by atomic mass is 10.1. The molecule has 2 aromatic heterocycles. The van der Waals surface area contributed by atoms with Gasteiger partial charge in [0, 0.05) is 23.5 Å². The SMILES string of the molecule is Cc1ccc(COc2ccccc2-c2cc(C(=O)NN=Cc3cccnc3)[nH]n2)cc1. The molecule has 0 fully saturated rings. The first-order valence-corrected chi connectivity index (χ1v) is 9.75. The highest BCUT2D eigenvalue weighted by molar-refractivity contribution is 5.94. The van der Waals surface area contributed by atoms with Crippen LogP contribution >= 0.6 is 0 Å². The van der Waals surface area contributed by atoms with Crippen LogP contribution in [0.1, 0.15) is 27.2 Å². The lowest BCUT2D eigenvalue weighted by Gasteiger charge is -2.10. The van der Waals surface area contributed by atoms with Crippen LogP contribution in [0.3, 0.4) is 0 Å². The van der Waals surface area contributed by atoms with Gasteiger partial charge in [0.25, 0.3) is 5.91 Å². The molecule has 0 radical (unpaired) electrons. The van der Waals surface area contributed by atoms with Crippen molar-refractivity contribution in [2.45, 2.75) is 13.5 Å². The van der Waals surface area contributed by atoms with Crippen molar-refractivity contribution in [3.05, 3.63) is 102 Å². The van der Waals surface area contributed by atoms with Crippen LogP contribution in [0.4, 0.5) is 0 Å². The molecule has 154 valence electrons. The fraction of sp³-hybridized carbons (Fsp3) is 0.0833. The van der Waals surface area contributed by atoms with E-state index < -0.39 is 5.91 Å². The maximum atomic E-state index is 12.4. The molecular formula is C24H21N5O2. The Labute approximate surface area is 179 Å². The number of hydrazone groups is 1. The van der Waals surface area contributed by atoms with Crippen LogP contribution in [0.25, 0.3) is 11.3 Å². The highest BCUT2D eigenvalue weighted by Gasteiger charge is 2.13. The summed E-state index contributed by atoms with van der Waals surface area (Å²) in [4.78, 5) is 16.4. The summed E-state index contributed by atoms with van der Waals surface area (Å²) in [6, 6.07) is 21.1. The van der Waals surface area contributed by atoms with E-state index in [2.05, 4.69) is 44.8 Å². The number of para-hydroxylation sites is 1. The third-order valence-corrected chi connectivity index (χ3v) is 4.56. The minimum Gasteiger partial charge on any atom is -0.488 e. The monoisotopic (exact) mass is 411 g/mol. The highest BCUT2D eigenvalue weighted by atomic mass is 16.5. The molecule has 2 aromatic carbocycles. The number of benzene rings is 2. The minimum atomic E-state index is -0.392. The first kappa shape index (κ1) is 20.0. The van der Waals surface area contributed by atoms with Crippen LogP contribution in [0.5, 0.6) is 5.75 Å². The number of ether oxygens (including phenoxy) is 1. The van der Waals surface area contributed by atoms with E-state index in [0.29, 0.717) is 23.7 Å². The molecule has 7 nitrogen and oxygen atoms in total. The largest absolute Gasteiger partial charge is 0.488 e. The average Bonchev–Trinajstić information content (AvgIpc) is 3.30. The molecule has 4 aromatic rings. The Hall–Kier alpha value is -4.26. The van der Waals surface area contributed by atoms with Crippen LogP contribution in [0.15, 0.2) is 84.2 Å². The summed E-state index contributed by atoms with van der Waals surface area (Å²) in [6.07, 6.45) is 4.85. The van der Waals surface area contributed by atoms with Gasteiger partial charge in [-0.3, -0.25) is 14.9 Å². The van der Waals surface area contributed by atoms with E-state index in [9.17, 15) is 4.79 Å². The lowest BCUT2D eigenvalue weighted by molar-refractivity contribution is 0.0950. The van der Waals surface area contributed by atoms with Crippen LogP contribution in [0, 0.1) is 6.92 Å². The van der Waals surface area contributed by atoms with Crippen LogP contribution in [-0.4, -0.2) is 27.3 Å². The Kier molecular flexibility index (Phi) is 6.13. The number of carbonyl (C=O) groups excluding carboxylic acids is 1. The Bertz CT molecular complexity index is 1180. The van der Waals surface area contributed by atoms with Crippen molar-refractivity contribution >= 4 is 12.1 Å². The molecule has 0 bridgehead atoms. The third-order valence-electron chi connectivity index (χ3n) is 4.56. The average molecular weight is 411 g/mol. The second-order valence-electron chi connectivity index (χ2n) is 6.92. The predicted molar refractivity (Wildman–Crippen MR) is 119 cm³/mol. The van der Waals surface area contributed by atoms with E-state index in [0.717, 1.165) is 16.7 Å². The number of pyridine rings is 1. The number of nitrogens with one attached hydrogen (secondary N) is 2. The molecule has 31 heavy (non-hydrogen) atoms. The fourth-order valence-electron chi connectivity index (χ4n) is 2.90. The Morgan fingerprint density at radius 3 is 2.77 bits per heavy atom. The molecule has 0 atom stereocenters. The molecular weight excluding hydrogens is 390 g/mol. The van der Waals surface area contributed by atoms with Crippen LogP contribution in [-0.2, 0) is 6.61 Å². The molecule has 0 unspecified atom stereocenters. The standard InChI is InChI=1S/C24H21N5O2/c1-17-8-10-18(11-9-17)16-31-23-7-3-2-6-20(23)21-13-22(28-27-21)24(30)29-26-15-19-5-4-12-25-14-19/h2-15H,16H2,1H3,(H,27,28)(H,29,30). The van der Waals surface area contributed by atoms with Crippen LogP contribution < -0.4 is 10.2 Å². The summed E-state index contributed by atoms with van der Waals surface area (Å²) >= 11 is 0. The fourth-order valence-corrected chi connectivity index (χ4v) is 2.90. The molecule has 4 rings (SSSR count). The molecule has 1 amide bonds. The van der Waals surface area contributed by atoms with E-state index in [1.807, 2.05) is 42.5 Å². The van der Waals surface area contributed by atoms with E-state index in [4.69, 9.17) is 4.74 Å². The van der Waals surface area contributed by atoms with Gasteiger partial charge in [-0.25, -0.2) is 5.43 Å². The molecule has 2 N–H and O–H groups in total. The van der Waals surface area contributed by atoms with E-state index in [1.165, 1.54) is 11.8 Å². The maximum absolute atomic E-state index is 12.4. The van der Waals surface area contributed by atoms with Crippen molar-refractivity contribution in [2.24, 2.45) is 5.10 Å². The number of amides is 1. The normalized spacial score (nSPS) is 10.9. The maximum Gasteiger partial charge on any atom is 0.289 e. The smallest absolute Gasteiger partial charge is 0.289 e. The topological polar surface area (TPSA) is 92.3 Å². The quantitative estimate of drug-likeness (QED) is 0.353. The Morgan fingerprint density at radius 1 is 1.13 bits per heavy atom. The van der Waals surface area contributed by atoms with Crippen molar-refractivity contribution in [3.8, 4) is 17.0 Å². The van der Waals surface area contributed by atoms with Gasteiger partial charge in [0.05, 0.1) is 11.9 Å². The van der Waals surface area contributed by atoms with Crippen molar-refractivity contribution in [3.63, 3.8) is 0 Å². The molecule has 7 heteroatoms. The number of aryl methyl sites for hydroxylation is 1. The van der Waals surface area contributed by atoms with E-state index >= 15 is 0 Å². The summed E-state index contributed by atoms with van der Waals surface area (Å²) < 4.78 is 6.02. The second-order valence-corrected chi connectivity index (χ2v) is 6.92. The van der Waals surface area contributed by atoms with Gasteiger partial charge >= 0.3 is 0 Å². The van der Waals surface area contributed by atoms with Crippen molar-refractivity contribution in [2.75, 3.05) is 0 Å². The van der Waals surface area contributed by atoms with Gasteiger partial charge in [-0.15, -0.1) is 0 Å². The predicted octanol–water partition coefficient (Wildman–Crippen LogP) is 4.12. The van der Waals surface area contributed by atoms with Crippen molar-refractivity contribution in [1.82, 2.24) is 20.6 Å². The first-order valence-electron chi connectivity index (χ1n) is 9.75. The molecule has 0 aliphatic heterocycles. The van der Waals surface area contributed by atoms with E-state index in [1.54, 1.807) is 24.5 Å². The van der Waals surface area contributed by atoms with Gasteiger partial charge < -0.3 is 4.74 Å². The Balaban J connectivity index is 1.44. The summed E-state index contributed by atoms with van der Waals surface area (Å²) in [7, 11) is 0. The number of H-pyrrole nitrogens is 1.